The first-order valence-corrected chi connectivity index (χ1v) is 7.54. The Kier molecular flexibility index (Phi) is 6.51. The van der Waals surface area contributed by atoms with Crippen molar-refractivity contribution < 1.29 is 8.42 Å². The van der Waals surface area contributed by atoms with Crippen molar-refractivity contribution in [1.82, 2.24) is 4.90 Å². The molecule has 0 atom stereocenters. The van der Waals surface area contributed by atoms with Gasteiger partial charge in [0.1, 0.15) is 0 Å². The summed E-state index contributed by atoms with van der Waals surface area (Å²) in [4.78, 5) is 2.11. The van der Waals surface area contributed by atoms with E-state index in [1.54, 1.807) is 20.8 Å². The second-order valence-electron chi connectivity index (χ2n) is 5.06. The Labute approximate surface area is 100 Å². The molecule has 2 N–H and O–H groups in total. The molecule has 0 aromatic heterocycles. The Bertz CT molecular complexity index is 275. The van der Waals surface area contributed by atoms with E-state index in [2.05, 4.69) is 11.8 Å². The zero-order valence-electron chi connectivity index (χ0n) is 11.0. The van der Waals surface area contributed by atoms with Crippen LogP contribution in [-0.4, -0.2) is 50.0 Å². The van der Waals surface area contributed by atoms with Gasteiger partial charge in [-0.05, 0) is 33.7 Å². The predicted octanol–water partition coefficient (Wildman–Crippen LogP) is 0.870. The van der Waals surface area contributed by atoms with Crippen LogP contribution in [-0.2, 0) is 9.84 Å². The standard InChI is InChI=1S/C11H26N2O2S/c1-5-7-13(8-6-12)9-10-16(14,15)11(2,3)4/h5-10,12H2,1-4H3. The van der Waals surface area contributed by atoms with Gasteiger partial charge < -0.3 is 10.6 Å². The number of nitrogens with zero attached hydrogens (tertiary/aromatic N) is 1. The molecule has 5 heteroatoms. The Morgan fingerprint density at radius 3 is 2.06 bits per heavy atom. The molecular weight excluding hydrogens is 224 g/mol. The fourth-order valence-electron chi connectivity index (χ4n) is 1.39. The number of rotatable bonds is 7. The third-order valence-electron chi connectivity index (χ3n) is 2.59. The summed E-state index contributed by atoms with van der Waals surface area (Å²) in [5.41, 5.74) is 5.49. The van der Waals surface area contributed by atoms with Gasteiger partial charge in [-0.1, -0.05) is 6.92 Å². The number of hydrogen-bond acceptors (Lipinski definition) is 4. The monoisotopic (exact) mass is 250 g/mol. The molecule has 0 saturated carbocycles. The van der Waals surface area contributed by atoms with Crippen LogP contribution in [0.3, 0.4) is 0 Å². The van der Waals surface area contributed by atoms with Crippen molar-refractivity contribution in [3.05, 3.63) is 0 Å². The average molecular weight is 250 g/mol. The maximum Gasteiger partial charge on any atom is 0.156 e. The van der Waals surface area contributed by atoms with Gasteiger partial charge in [0.15, 0.2) is 9.84 Å². The van der Waals surface area contributed by atoms with E-state index < -0.39 is 14.6 Å². The number of nitrogens with two attached hydrogens (primary N) is 1. The molecule has 0 fully saturated rings. The first kappa shape index (κ1) is 15.9. The molecule has 0 heterocycles. The first-order valence-electron chi connectivity index (χ1n) is 5.89. The fourth-order valence-corrected chi connectivity index (χ4v) is 2.50. The molecule has 0 aliphatic carbocycles. The highest BCUT2D eigenvalue weighted by atomic mass is 32.2. The smallest absolute Gasteiger partial charge is 0.156 e. The van der Waals surface area contributed by atoms with E-state index in [1.165, 1.54) is 0 Å². The molecule has 0 aliphatic rings. The van der Waals surface area contributed by atoms with Crippen molar-refractivity contribution in [2.75, 3.05) is 31.9 Å². The van der Waals surface area contributed by atoms with E-state index in [4.69, 9.17) is 5.73 Å². The van der Waals surface area contributed by atoms with E-state index in [0.29, 0.717) is 13.1 Å². The third kappa shape index (κ3) is 5.27. The van der Waals surface area contributed by atoms with Crippen molar-refractivity contribution >= 4 is 9.84 Å². The molecule has 0 rings (SSSR count). The molecule has 0 aromatic rings. The van der Waals surface area contributed by atoms with Crippen molar-refractivity contribution in [2.45, 2.75) is 38.9 Å². The molecule has 0 amide bonds. The first-order chi connectivity index (χ1) is 7.24. The Hall–Kier alpha value is -0.130. The fraction of sp³-hybridized carbons (Fsp3) is 1.00. The Morgan fingerprint density at radius 1 is 1.12 bits per heavy atom. The molecule has 98 valence electrons. The summed E-state index contributed by atoms with van der Waals surface area (Å²) in [6, 6.07) is 0. The lowest BCUT2D eigenvalue weighted by atomic mass is 10.3. The molecule has 0 radical (unpaired) electrons. The van der Waals surface area contributed by atoms with Gasteiger partial charge in [-0.15, -0.1) is 0 Å². The summed E-state index contributed by atoms with van der Waals surface area (Å²) in [6.45, 7) is 10.2. The minimum absolute atomic E-state index is 0.219. The molecule has 0 saturated heterocycles. The van der Waals surface area contributed by atoms with E-state index in [-0.39, 0.29) is 5.75 Å². The van der Waals surface area contributed by atoms with Crippen molar-refractivity contribution in [1.29, 1.82) is 0 Å². The highest BCUT2D eigenvalue weighted by Crippen LogP contribution is 2.15. The molecular formula is C11H26N2O2S. The summed E-state index contributed by atoms with van der Waals surface area (Å²) in [5, 5.41) is 0. The average Bonchev–Trinajstić information content (AvgIpc) is 2.13. The summed E-state index contributed by atoms with van der Waals surface area (Å²) in [5.74, 6) is 0.219. The molecule has 0 spiro atoms. The van der Waals surface area contributed by atoms with Gasteiger partial charge in [-0.3, -0.25) is 0 Å². The van der Waals surface area contributed by atoms with Crippen LogP contribution >= 0.6 is 0 Å². The number of hydrogen-bond donors (Lipinski definition) is 1. The SMILES string of the molecule is CCCN(CCN)CCS(=O)(=O)C(C)(C)C. The lowest BCUT2D eigenvalue weighted by Crippen LogP contribution is -2.38. The maximum absolute atomic E-state index is 11.9. The zero-order chi connectivity index (χ0) is 12.8. The van der Waals surface area contributed by atoms with E-state index in [1.807, 2.05) is 0 Å². The quantitative estimate of drug-likeness (QED) is 0.728. The summed E-state index contributed by atoms with van der Waals surface area (Å²) in [6.07, 6.45) is 1.02. The van der Waals surface area contributed by atoms with Crippen LogP contribution in [0.1, 0.15) is 34.1 Å². The van der Waals surface area contributed by atoms with Crippen LogP contribution in [0.4, 0.5) is 0 Å². The van der Waals surface area contributed by atoms with Crippen LogP contribution < -0.4 is 5.73 Å². The summed E-state index contributed by atoms with van der Waals surface area (Å²) in [7, 11) is -3.01. The van der Waals surface area contributed by atoms with E-state index in [9.17, 15) is 8.42 Å². The van der Waals surface area contributed by atoms with Gasteiger partial charge in [0, 0.05) is 19.6 Å². The van der Waals surface area contributed by atoms with Gasteiger partial charge in [0.05, 0.1) is 10.5 Å². The van der Waals surface area contributed by atoms with Gasteiger partial charge >= 0.3 is 0 Å². The highest BCUT2D eigenvalue weighted by Gasteiger charge is 2.28. The minimum atomic E-state index is -3.01. The lowest BCUT2D eigenvalue weighted by Gasteiger charge is -2.24. The second kappa shape index (κ2) is 6.57. The van der Waals surface area contributed by atoms with Crippen LogP contribution in [0.2, 0.25) is 0 Å². The Balaban J connectivity index is 4.30. The van der Waals surface area contributed by atoms with Crippen LogP contribution in [0, 0.1) is 0 Å². The minimum Gasteiger partial charge on any atom is -0.329 e. The molecule has 0 aliphatic heterocycles. The van der Waals surface area contributed by atoms with Gasteiger partial charge in [-0.2, -0.15) is 0 Å². The van der Waals surface area contributed by atoms with Crippen LogP contribution in [0.5, 0.6) is 0 Å². The van der Waals surface area contributed by atoms with E-state index in [0.717, 1.165) is 19.5 Å². The number of sulfone groups is 1. The van der Waals surface area contributed by atoms with Crippen molar-refractivity contribution in [3.63, 3.8) is 0 Å². The van der Waals surface area contributed by atoms with Gasteiger partial charge in [-0.25, -0.2) is 8.42 Å². The predicted molar refractivity (Wildman–Crippen MR) is 69.3 cm³/mol. The van der Waals surface area contributed by atoms with Gasteiger partial charge in [0.25, 0.3) is 0 Å². The highest BCUT2D eigenvalue weighted by molar-refractivity contribution is 7.92. The summed E-state index contributed by atoms with van der Waals surface area (Å²) < 4.78 is 23.2. The second-order valence-corrected chi connectivity index (χ2v) is 7.92. The topological polar surface area (TPSA) is 63.4 Å². The molecule has 4 nitrogen and oxygen atoms in total. The van der Waals surface area contributed by atoms with Crippen LogP contribution in [0.25, 0.3) is 0 Å². The van der Waals surface area contributed by atoms with Crippen molar-refractivity contribution in [3.8, 4) is 0 Å². The van der Waals surface area contributed by atoms with E-state index >= 15 is 0 Å². The van der Waals surface area contributed by atoms with Crippen LogP contribution in [0.15, 0.2) is 0 Å². The lowest BCUT2D eigenvalue weighted by molar-refractivity contribution is 0.297. The summed E-state index contributed by atoms with van der Waals surface area (Å²) >= 11 is 0. The maximum atomic E-state index is 11.9. The molecule has 0 bridgehead atoms. The van der Waals surface area contributed by atoms with Gasteiger partial charge in [0.2, 0.25) is 0 Å². The normalized spacial score (nSPS) is 13.4. The molecule has 16 heavy (non-hydrogen) atoms. The zero-order valence-corrected chi connectivity index (χ0v) is 11.8. The van der Waals surface area contributed by atoms with Crippen molar-refractivity contribution in [2.24, 2.45) is 5.73 Å². The Morgan fingerprint density at radius 2 is 1.69 bits per heavy atom. The third-order valence-corrected chi connectivity index (χ3v) is 5.18. The molecule has 0 unspecified atom stereocenters. The molecule has 0 aromatic carbocycles. The largest absolute Gasteiger partial charge is 0.329 e.